The average molecular weight is 361 g/mol. The number of amides is 2. The van der Waals surface area contributed by atoms with E-state index in [-0.39, 0.29) is 18.2 Å². The molecule has 3 heterocycles. The molecule has 2 aromatic heterocycles. The fourth-order valence-electron chi connectivity index (χ4n) is 2.93. The number of rotatable bonds is 8. The SMILES string of the molecule is O=C(CC1C(=O)NCCN1Cc1cccs1)NCCCn1cccn1. The predicted octanol–water partition coefficient (Wildman–Crippen LogP) is 0.842. The van der Waals surface area contributed by atoms with E-state index in [0.717, 1.165) is 19.5 Å². The topological polar surface area (TPSA) is 79.3 Å². The molecule has 2 amide bonds. The van der Waals surface area contributed by atoms with Crippen LogP contribution in [0.25, 0.3) is 0 Å². The molecular formula is C17H23N5O2S. The minimum atomic E-state index is -0.401. The monoisotopic (exact) mass is 361 g/mol. The average Bonchev–Trinajstić information content (AvgIpc) is 3.28. The van der Waals surface area contributed by atoms with Gasteiger partial charge in [0.2, 0.25) is 11.8 Å². The van der Waals surface area contributed by atoms with Crippen molar-refractivity contribution in [1.29, 1.82) is 0 Å². The molecule has 0 aliphatic carbocycles. The summed E-state index contributed by atoms with van der Waals surface area (Å²) in [6.07, 6.45) is 4.64. The van der Waals surface area contributed by atoms with Gasteiger partial charge >= 0.3 is 0 Å². The fourth-order valence-corrected chi connectivity index (χ4v) is 3.65. The van der Waals surface area contributed by atoms with Crippen LogP contribution in [0.15, 0.2) is 36.0 Å². The Morgan fingerprint density at radius 3 is 3.12 bits per heavy atom. The van der Waals surface area contributed by atoms with E-state index in [0.29, 0.717) is 19.6 Å². The lowest BCUT2D eigenvalue weighted by atomic mass is 10.1. The Balaban J connectivity index is 1.46. The van der Waals surface area contributed by atoms with Gasteiger partial charge in [-0.05, 0) is 23.9 Å². The number of nitrogens with one attached hydrogen (secondary N) is 2. The van der Waals surface area contributed by atoms with Crippen LogP contribution in [0, 0.1) is 0 Å². The van der Waals surface area contributed by atoms with E-state index in [2.05, 4.69) is 26.7 Å². The summed E-state index contributed by atoms with van der Waals surface area (Å²) >= 11 is 1.67. The van der Waals surface area contributed by atoms with Gasteiger partial charge in [0.1, 0.15) is 0 Å². The van der Waals surface area contributed by atoms with E-state index < -0.39 is 6.04 Å². The van der Waals surface area contributed by atoms with Crippen LogP contribution in [0.5, 0.6) is 0 Å². The minimum absolute atomic E-state index is 0.0607. The first-order valence-electron chi connectivity index (χ1n) is 8.50. The van der Waals surface area contributed by atoms with E-state index >= 15 is 0 Å². The van der Waals surface area contributed by atoms with Crippen molar-refractivity contribution in [3.05, 3.63) is 40.8 Å². The largest absolute Gasteiger partial charge is 0.356 e. The van der Waals surface area contributed by atoms with Crippen molar-refractivity contribution in [1.82, 2.24) is 25.3 Å². The van der Waals surface area contributed by atoms with Crippen LogP contribution < -0.4 is 10.6 Å². The zero-order valence-corrected chi connectivity index (χ0v) is 14.9. The Bertz CT molecular complexity index is 671. The van der Waals surface area contributed by atoms with Crippen LogP contribution in [0.1, 0.15) is 17.7 Å². The molecule has 0 spiro atoms. The van der Waals surface area contributed by atoms with Gasteiger partial charge in [0, 0.05) is 50.0 Å². The molecule has 1 saturated heterocycles. The van der Waals surface area contributed by atoms with Gasteiger partial charge in [-0.2, -0.15) is 5.10 Å². The molecule has 134 valence electrons. The summed E-state index contributed by atoms with van der Waals surface area (Å²) in [5, 5.41) is 11.9. The lowest BCUT2D eigenvalue weighted by molar-refractivity contribution is -0.134. The summed E-state index contributed by atoms with van der Waals surface area (Å²) in [6, 6.07) is 5.54. The summed E-state index contributed by atoms with van der Waals surface area (Å²) in [7, 11) is 0. The van der Waals surface area contributed by atoms with Crippen molar-refractivity contribution in [2.24, 2.45) is 0 Å². The maximum Gasteiger partial charge on any atom is 0.237 e. The number of aryl methyl sites for hydroxylation is 1. The van der Waals surface area contributed by atoms with E-state index in [1.165, 1.54) is 4.88 Å². The van der Waals surface area contributed by atoms with Crippen molar-refractivity contribution in [3.8, 4) is 0 Å². The smallest absolute Gasteiger partial charge is 0.237 e. The van der Waals surface area contributed by atoms with E-state index in [1.54, 1.807) is 17.5 Å². The Hall–Kier alpha value is -2.19. The van der Waals surface area contributed by atoms with Gasteiger partial charge in [-0.15, -0.1) is 11.3 Å². The molecule has 1 aliphatic rings. The summed E-state index contributed by atoms with van der Waals surface area (Å²) in [5.74, 6) is -0.145. The number of carbonyl (C=O) groups is 2. The highest BCUT2D eigenvalue weighted by atomic mass is 32.1. The number of aromatic nitrogens is 2. The van der Waals surface area contributed by atoms with E-state index in [9.17, 15) is 9.59 Å². The van der Waals surface area contributed by atoms with Crippen LogP contribution in [0.4, 0.5) is 0 Å². The standard InChI is InChI=1S/C17H23N5O2S/c23-16(18-5-2-8-22-9-3-6-20-22)12-15-17(24)19-7-10-21(15)13-14-4-1-11-25-14/h1,3-4,6,9,11,15H,2,5,7-8,10,12-13H2,(H,18,23)(H,19,24). The molecule has 0 bridgehead atoms. The second kappa shape index (κ2) is 8.77. The van der Waals surface area contributed by atoms with Gasteiger partial charge in [-0.3, -0.25) is 19.2 Å². The quantitative estimate of drug-likeness (QED) is 0.683. The highest BCUT2D eigenvalue weighted by Crippen LogP contribution is 2.17. The Morgan fingerprint density at radius 2 is 2.36 bits per heavy atom. The van der Waals surface area contributed by atoms with Crippen LogP contribution in [-0.4, -0.2) is 52.2 Å². The molecule has 7 nitrogen and oxygen atoms in total. The first-order chi connectivity index (χ1) is 12.2. The summed E-state index contributed by atoms with van der Waals surface area (Å²) in [6.45, 7) is 3.45. The van der Waals surface area contributed by atoms with E-state index in [1.807, 2.05) is 28.4 Å². The number of hydrogen-bond donors (Lipinski definition) is 2. The van der Waals surface area contributed by atoms with Crippen molar-refractivity contribution in [2.75, 3.05) is 19.6 Å². The number of nitrogens with zero attached hydrogens (tertiary/aromatic N) is 3. The molecule has 1 atom stereocenters. The van der Waals surface area contributed by atoms with Crippen molar-refractivity contribution < 1.29 is 9.59 Å². The first kappa shape index (κ1) is 17.6. The molecule has 1 fully saturated rings. The molecule has 25 heavy (non-hydrogen) atoms. The van der Waals surface area contributed by atoms with Gasteiger partial charge in [0.05, 0.1) is 12.5 Å². The second-order valence-electron chi connectivity index (χ2n) is 6.03. The highest BCUT2D eigenvalue weighted by molar-refractivity contribution is 7.09. The molecule has 3 rings (SSSR count). The zero-order valence-electron chi connectivity index (χ0n) is 14.1. The maximum atomic E-state index is 12.2. The zero-order chi connectivity index (χ0) is 17.5. The molecular weight excluding hydrogens is 338 g/mol. The van der Waals surface area contributed by atoms with Gasteiger partial charge in [-0.1, -0.05) is 6.07 Å². The third-order valence-corrected chi connectivity index (χ3v) is 5.07. The third kappa shape index (κ3) is 5.14. The Kier molecular flexibility index (Phi) is 6.19. The number of piperazine rings is 1. The maximum absolute atomic E-state index is 12.2. The second-order valence-corrected chi connectivity index (χ2v) is 7.07. The molecule has 0 radical (unpaired) electrons. The fraction of sp³-hybridized carbons (Fsp3) is 0.471. The van der Waals surface area contributed by atoms with Crippen LogP contribution in [0.2, 0.25) is 0 Å². The number of carbonyl (C=O) groups excluding carboxylic acids is 2. The minimum Gasteiger partial charge on any atom is -0.356 e. The van der Waals surface area contributed by atoms with Crippen LogP contribution in [0.3, 0.4) is 0 Å². The molecule has 2 aromatic rings. The summed E-state index contributed by atoms with van der Waals surface area (Å²) in [4.78, 5) is 27.7. The van der Waals surface area contributed by atoms with Crippen molar-refractivity contribution >= 4 is 23.2 Å². The van der Waals surface area contributed by atoms with Crippen molar-refractivity contribution in [3.63, 3.8) is 0 Å². The Morgan fingerprint density at radius 1 is 1.44 bits per heavy atom. The molecule has 0 aromatic carbocycles. The number of thiophene rings is 1. The summed E-state index contributed by atoms with van der Waals surface area (Å²) < 4.78 is 1.84. The molecule has 2 N–H and O–H groups in total. The molecule has 1 unspecified atom stereocenters. The lowest BCUT2D eigenvalue weighted by Gasteiger charge is -2.34. The normalized spacial score (nSPS) is 18.1. The lowest BCUT2D eigenvalue weighted by Crippen LogP contribution is -2.56. The van der Waals surface area contributed by atoms with Crippen molar-refractivity contribution in [2.45, 2.75) is 32.0 Å². The van der Waals surface area contributed by atoms with E-state index in [4.69, 9.17) is 0 Å². The van der Waals surface area contributed by atoms with Crippen LogP contribution >= 0.6 is 11.3 Å². The molecule has 8 heteroatoms. The van der Waals surface area contributed by atoms with Gasteiger partial charge < -0.3 is 10.6 Å². The number of hydrogen-bond acceptors (Lipinski definition) is 5. The van der Waals surface area contributed by atoms with Gasteiger partial charge in [0.15, 0.2) is 0 Å². The van der Waals surface area contributed by atoms with Gasteiger partial charge in [-0.25, -0.2) is 0 Å². The summed E-state index contributed by atoms with van der Waals surface area (Å²) in [5.41, 5.74) is 0. The molecule has 0 saturated carbocycles. The highest BCUT2D eigenvalue weighted by Gasteiger charge is 2.31. The van der Waals surface area contributed by atoms with Gasteiger partial charge in [0.25, 0.3) is 0 Å². The predicted molar refractivity (Wildman–Crippen MR) is 96.0 cm³/mol. The van der Waals surface area contributed by atoms with Crippen LogP contribution in [-0.2, 0) is 22.7 Å². The Labute approximate surface area is 151 Å². The molecule has 1 aliphatic heterocycles. The first-order valence-corrected chi connectivity index (χ1v) is 9.38. The third-order valence-electron chi connectivity index (χ3n) is 4.20.